The summed E-state index contributed by atoms with van der Waals surface area (Å²) in [7, 11) is 0. The molecule has 0 aromatic heterocycles. The fourth-order valence-electron chi connectivity index (χ4n) is 1.65. The van der Waals surface area contributed by atoms with Crippen LogP contribution in [-0.2, 0) is 4.79 Å². The highest BCUT2D eigenvalue weighted by atomic mass is 19.4. The third-order valence-electron chi connectivity index (χ3n) is 2.26. The highest BCUT2D eigenvalue weighted by Gasteiger charge is 2.34. The number of carboxylic acids is 1. The summed E-state index contributed by atoms with van der Waals surface area (Å²) in [5, 5.41) is 8.65. The van der Waals surface area contributed by atoms with Crippen LogP contribution in [0.1, 0.15) is 12.8 Å². The summed E-state index contributed by atoms with van der Waals surface area (Å²) in [6.07, 6.45) is -3.24. The molecule has 3 nitrogen and oxygen atoms in total. The number of halogens is 3. The number of alkyl halides is 3. The Morgan fingerprint density at radius 3 is 2.64 bits per heavy atom. The Hall–Kier alpha value is -0.780. The van der Waals surface area contributed by atoms with Crippen molar-refractivity contribution in [3.05, 3.63) is 0 Å². The minimum atomic E-state index is -4.24. The highest BCUT2D eigenvalue weighted by Crippen LogP contribution is 2.22. The molecule has 0 saturated carbocycles. The third kappa shape index (κ3) is 3.53. The molecule has 1 N–H and O–H groups in total. The Kier molecular flexibility index (Phi) is 3.36. The summed E-state index contributed by atoms with van der Waals surface area (Å²) in [6, 6.07) is 0. The molecule has 0 unspecified atom stereocenters. The summed E-state index contributed by atoms with van der Waals surface area (Å²) in [4.78, 5) is 11.7. The topological polar surface area (TPSA) is 40.5 Å². The van der Waals surface area contributed by atoms with Crippen molar-refractivity contribution >= 4 is 5.97 Å². The number of carbonyl (C=O) groups is 1. The standard InChI is InChI=1S/C8H12F3NO2/c9-8(10,11)5-12-3-1-2-6(4-12)7(13)14/h6H,1-5H2,(H,13,14)/t6-/m0/s1. The van der Waals surface area contributed by atoms with Gasteiger partial charge in [0.05, 0.1) is 12.5 Å². The predicted octanol–water partition coefficient (Wildman–Crippen LogP) is 1.35. The number of nitrogens with zero attached hydrogens (tertiary/aromatic N) is 1. The fraction of sp³-hybridized carbons (Fsp3) is 0.875. The Balaban J connectivity index is 2.44. The van der Waals surface area contributed by atoms with Crippen LogP contribution in [0.15, 0.2) is 0 Å². The molecule has 0 aromatic rings. The second kappa shape index (κ2) is 4.16. The van der Waals surface area contributed by atoms with Gasteiger partial charge < -0.3 is 5.11 Å². The number of piperidine rings is 1. The molecule has 0 amide bonds. The van der Waals surface area contributed by atoms with Gasteiger partial charge in [-0.2, -0.15) is 13.2 Å². The van der Waals surface area contributed by atoms with Crippen molar-refractivity contribution < 1.29 is 23.1 Å². The lowest BCUT2D eigenvalue weighted by Crippen LogP contribution is -2.43. The number of aliphatic carboxylic acids is 1. The molecule has 0 radical (unpaired) electrons. The summed E-state index contributed by atoms with van der Waals surface area (Å²) < 4.78 is 35.9. The molecular weight excluding hydrogens is 199 g/mol. The Morgan fingerprint density at radius 1 is 1.50 bits per heavy atom. The van der Waals surface area contributed by atoms with E-state index in [-0.39, 0.29) is 6.54 Å². The van der Waals surface area contributed by atoms with E-state index in [1.54, 1.807) is 0 Å². The molecule has 1 aliphatic heterocycles. The fourth-order valence-corrected chi connectivity index (χ4v) is 1.65. The highest BCUT2D eigenvalue weighted by molar-refractivity contribution is 5.70. The number of hydrogen-bond acceptors (Lipinski definition) is 2. The van der Waals surface area contributed by atoms with Crippen LogP contribution in [0.4, 0.5) is 13.2 Å². The molecule has 82 valence electrons. The van der Waals surface area contributed by atoms with Gasteiger partial charge in [-0.15, -0.1) is 0 Å². The molecule has 0 spiro atoms. The van der Waals surface area contributed by atoms with Gasteiger partial charge in [0.2, 0.25) is 0 Å². The minimum absolute atomic E-state index is 0.00877. The second-order valence-corrected chi connectivity index (χ2v) is 3.53. The smallest absolute Gasteiger partial charge is 0.401 e. The van der Waals surface area contributed by atoms with Crippen LogP contribution in [0, 0.1) is 5.92 Å². The summed E-state index contributed by atoms with van der Waals surface area (Å²) in [5.74, 6) is -1.65. The van der Waals surface area contributed by atoms with Crippen molar-refractivity contribution in [2.24, 2.45) is 5.92 Å². The molecule has 1 atom stereocenters. The Labute approximate surface area is 79.5 Å². The maximum atomic E-state index is 12.0. The van der Waals surface area contributed by atoms with Gasteiger partial charge in [0.1, 0.15) is 0 Å². The van der Waals surface area contributed by atoms with Crippen LogP contribution in [-0.4, -0.2) is 41.8 Å². The molecular formula is C8H12F3NO2. The van der Waals surface area contributed by atoms with E-state index in [0.717, 1.165) is 4.90 Å². The van der Waals surface area contributed by atoms with Crippen LogP contribution >= 0.6 is 0 Å². The first-order valence-corrected chi connectivity index (χ1v) is 4.40. The minimum Gasteiger partial charge on any atom is -0.481 e. The van der Waals surface area contributed by atoms with E-state index in [1.165, 1.54) is 0 Å². The van der Waals surface area contributed by atoms with Crippen molar-refractivity contribution in [2.45, 2.75) is 19.0 Å². The number of carboxylic acid groups (broad SMARTS) is 1. The van der Waals surface area contributed by atoms with E-state index >= 15 is 0 Å². The SMILES string of the molecule is O=C(O)[C@H]1CCCN(CC(F)(F)F)C1. The molecule has 14 heavy (non-hydrogen) atoms. The molecule has 1 aliphatic rings. The second-order valence-electron chi connectivity index (χ2n) is 3.53. The lowest BCUT2D eigenvalue weighted by atomic mass is 9.98. The average molecular weight is 211 g/mol. The van der Waals surface area contributed by atoms with Crippen molar-refractivity contribution in [3.63, 3.8) is 0 Å². The van der Waals surface area contributed by atoms with Gasteiger partial charge in [-0.1, -0.05) is 0 Å². The summed E-state index contributed by atoms with van der Waals surface area (Å²) in [6.45, 7) is -0.658. The van der Waals surface area contributed by atoms with Crippen LogP contribution in [0.2, 0.25) is 0 Å². The zero-order chi connectivity index (χ0) is 10.8. The maximum absolute atomic E-state index is 12.0. The van der Waals surface area contributed by atoms with E-state index in [4.69, 9.17) is 5.11 Å². The number of likely N-dealkylation sites (tertiary alicyclic amines) is 1. The third-order valence-corrected chi connectivity index (χ3v) is 2.26. The lowest BCUT2D eigenvalue weighted by molar-refractivity contribution is -0.157. The van der Waals surface area contributed by atoms with Crippen LogP contribution in [0.3, 0.4) is 0 Å². The number of hydrogen-bond donors (Lipinski definition) is 1. The van der Waals surface area contributed by atoms with Crippen LogP contribution < -0.4 is 0 Å². The molecule has 1 saturated heterocycles. The predicted molar refractivity (Wildman–Crippen MR) is 42.9 cm³/mol. The van der Waals surface area contributed by atoms with Gasteiger partial charge in [0.15, 0.2) is 0 Å². The van der Waals surface area contributed by atoms with E-state index in [0.29, 0.717) is 19.4 Å². The Bertz CT molecular complexity index is 217. The molecule has 6 heteroatoms. The van der Waals surface area contributed by atoms with E-state index in [2.05, 4.69) is 0 Å². The van der Waals surface area contributed by atoms with E-state index in [9.17, 15) is 18.0 Å². The van der Waals surface area contributed by atoms with Gasteiger partial charge in [-0.3, -0.25) is 9.69 Å². The monoisotopic (exact) mass is 211 g/mol. The van der Waals surface area contributed by atoms with E-state index in [1.807, 2.05) is 0 Å². The largest absolute Gasteiger partial charge is 0.481 e. The molecule has 0 aromatic carbocycles. The van der Waals surface area contributed by atoms with Gasteiger partial charge >= 0.3 is 12.1 Å². The number of rotatable bonds is 2. The summed E-state index contributed by atoms with van der Waals surface area (Å²) in [5.41, 5.74) is 0. The maximum Gasteiger partial charge on any atom is 0.401 e. The normalized spacial score (nSPS) is 24.9. The summed E-state index contributed by atoms with van der Waals surface area (Å²) >= 11 is 0. The molecule has 1 fully saturated rings. The van der Waals surface area contributed by atoms with Crippen molar-refractivity contribution in [2.75, 3.05) is 19.6 Å². The zero-order valence-corrected chi connectivity index (χ0v) is 7.55. The first-order valence-electron chi connectivity index (χ1n) is 4.40. The van der Waals surface area contributed by atoms with Crippen LogP contribution in [0.5, 0.6) is 0 Å². The molecule has 1 rings (SSSR count). The zero-order valence-electron chi connectivity index (χ0n) is 7.55. The first-order chi connectivity index (χ1) is 6.38. The van der Waals surface area contributed by atoms with Crippen molar-refractivity contribution in [1.29, 1.82) is 0 Å². The van der Waals surface area contributed by atoms with Crippen LogP contribution in [0.25, 0.3) is 0 Å². The van der Waals surface area contributed by atoms with Crippen molar-refractivity contribution in [3.8, 4) is 0 Å². The van der Waals surface area contributed by atoms with E-state index < -0.39 is 24.6 Å². The lowest BCUT2D eigenvalue weighted by Gasteiger charge is -2.30. The van der Waals surface area contributed by atoms with Crippen molar-refractivity contribution in [1.82, 2.24) is 4.90 Å². The average Bonchev–Trinajstić information content (AvgIpc) is 2.01. The van der Waals surface area contributed by atoms with Gasteiger partial charge in [-0.05, 0) is 19.4 Å². The quantitative estimate of drug-likeness (QED) is 0.749. The van der Waals surface area contributed by atoms with Gasteiger partial charge in [-0.25, -0.2) is 0 Å². The van der Waals surface area contributed by atoms with Gasteiger partial charge in [0, 0.05) is 6.54 Å². The van der Waals surface area contributed by atoms with Gasteiger partial charge in [0.25, 0.3) is 0 Å². The molecule has 0 aliphatic carbocycles. The first kappa shape index (κ1) is 11.3. The molecule has 1 heterocycles. The Morgan fingerprint density at radius 2 is 2.14 bits per heavy atom. The molecule has 0 bridgehead atoms.